The summed E-state index contributed by atoms with van der Waals surface area (Å²) in [4.78, 5) is 11.1. The highest BCUT2D eigenvalue weighted by atomic mass is 16.5. The minimum Gasteiger partial charge on any atom is -0.494 e. The summed E-state index contributed by atoms with van der Waals surface area (Å²) >= 11 is 0. The van der Waals surface area contributed by atoms with Gasteiger partial charge in [-0.3, -0.25) is 0 Å². The van der Waals surface area contributed by atoms with Crippen molar-refractivity contribution in [3.63, 3.8) is 0 Å². The normalized spacial score (nSPS) is 9.38. The van der Waals surface area contributed by atoms with E-state index in [1.54, 1.807) is 24.3 Å². The van der Waals surface area contributed by atoms with E-state index < -0.39 is 0 Å². The van der Waals surface area contributed by atoms with Crippen LogP contribution in [0.1, 0.15) is 10.4 Å². The van der Waals surface area contributed by atoms with Gasteiger partial charge in [-0.25, -0.2) is 4.79 Å². The maximum absolute atomic E-state index is 11.1. The molecular formula is C10H11O3. The van der Waals surface area contributed by atoms with Crippen LogP contribution in [-0.4, -0.2) is 19.7 Å². The lowest BCUT2D eigenvalue weighted by Gasteiger charge is -2.03. The predicted octanol–water partition coefficient (Wildman–Crippen LogP) is 1.69. The van der Waals surface area contributed by atoms with Crippen molar-refractivity contribution in [3.8, 4) is 5.75 Å². The van der Waals surface area contributed by atoms with Crippen LogP contribution in [0.15, 0.2) is 24.3 Å². The number of carbonyl (C=O) groups is 1. The lowest BCUT2D eigenvalue weighted by atomic mass is 10.2. The lowest BCUT2D eigenvalue weighted by molar-refractivity contribution is 0.0600. The highest BCUT2D eigenvalue weighted by Crippen LogP contribution is 2.13. The van der Waals surface area contributed by atoms with Crippen LogP contribution < -0.4 is 4.74 Å². The van der Waals surface area contributed by atoms with Crippen molar-refractivity contribution in [2.45, 2.75) is 0 Å². The first-order chi connectivity index (χ1) is 6.27. The number of hydrogen-bond donors (Lipinski definition) is 0. The van der Waals surface area contributed by atoms with Crippen molar-refractivity contribution >= 4 is 5.97 Å². The Hall–Kier alpha value is -1.51. The molecule has 0 unspecified atom stereocenters. The van der Waals surface area contributed by atoms with Crippen LogP contribution in [0.25, 0.3) is 0 Å². The Bertz CT molecular complexity index is 294. The van der Waals surface area contributed by atoms with E-state index in [1.807, 2.05) is 0 Å². The maximum Gasteiger partial charge on any atom is 0.337 e. The number of hydrogen-bond acceptors (Lipinski definition) is 3. The van der Waals surface area contributed by atoms with Crippen LogP contribution in [0, 0.1) is 6.92 Å². The highest BCUT2D eigenvalue weighted by Gasteiger charge is 2.05. The second-order valence-corrected chi connectivity index (χ2v) is 2.37. The molecule has 1 rings (SSSR count). The standard InChI is InChI=1S/C10H11O3/c1-3-13-9-6-4-5-8(7-9)10(11)12-2/h4-7H,1,3H2,2H3. The summed E-state index contributed by atoms with van der Waals surface area (Å²) in [6.45, 7) is 3.88. The van der Waals surface area contributed by atoms with Crippen LogP contribution in [0.2, 0.25) is 0 Å². The summed E-state index contributed by atoms with van der Waals surface area (Å²) in [5.41, 5.74) is 0.480. The van der Waals surface area contributed by atoms with Crippen LogP contribution in [-0.2, 0) is 4.74 Å². The van der Waals surface area contributed by atoms with Gasteiger partial charge < -0.3 is 9.47 Å². The van der Waals surface area contributed by atoms with Crippen molar-refractivity contribution < 1.29 is 14.3 Å². The quantitative estimate of drug-likeness (QED) is 0.662. The molecule has 1 radical (unpaired) electrons. The van der Waals surface area contributed by atoms with E-state index in [0.29, 0.717) is 17.9 Å². The minimum atomic E-state index is -0.366. The predicted molar refractivity (Wildman–Crippen MR) is 48.6 cm³/mol. The first-order valence-electron chi connectivity index (χ1n) is 3.88. The Labute approximate surface area is 77.3 Å². The van der Waals surface area contributed by atoms with E-state index in [0.717, 1.165) is 0 Å². The molecule has 0 heterocycles. The summed E-state index contributed by atoms with van der Waals surface area (Å²) in [7, 11) is 1.34. The molecule has 0 amide bonds. The molecule has 0 saturated heterocycles. The van der Waals surface area contributed by atoms with Gasteiger partial charge in [0.25, 0.3) is 0 Å². The topological polar surface area (TPSA) is 35.5 Å². The third kappa shape index (κ3) is 2.47. The van der Waals surface area contributed by atoms with Crippen LogP contribution in [0.4, 0.5) is 0 Å². The van der Waals surface area contributed by atoms with Gasteiger partial charge in [-0.15, -0.1) is 0 Å². The Morgan fingerprint density at radius 1 is 1.54 bits per heavy atom. The van der Waals surface area contributed by atoms with Gasteiger partial charge in [0.05, 0.1) is 19.3 Å². The van der Waals surface area contributed by atoms with Crippen molar-refractivity contribution in [2.75, 3.05) is 13.7 Å². The van der Waals surface area contributed by atoms with Gasteiger partial charge in [-0.05, 0) is 25.1 Å². The summed E-state index contributed by atoms with van der Waals surface area (Å²) in [6.07, 6.45) is 0. The minimum absolute atomic E-state index is 0.338. The third-order valence-electron chi connectivity index (χ3n) is 1.52. The number of esters is 1. The van der Waals surface area contributed by atoms with Crippen LogP contribution in [0.3, 0.4) is 0 Å². The second-order valence-electron chi connectivity index (χ2n) is 2.37. The number of rotatable bonds is 3. The average molecular weight is 179 g/mol. The van der Waals surface area contributed by atoms with Gasteiger partial charge in [0.1, 0.15) is 5.75 Å². The molecule has 0 aromatic heterocycles. The van der Waals surface area contributed by atoms with Crippen molar-refractivity contribution in [1.29, 1.82) is 0 Å². The fourth-order valence-corrected chi connectivity index (χ4v) is 0.949. The molecule has 0 bridgehead atoms. The van der Waals surface area contributed by atoms with Crippen molar-refractivity contribution in [2.24, 2.45) is 0 Å². The zero-order valence-corrected chi connectivity index (χ0v) is 7.45. The Morgan fingerprint density at radius 2 is 2.31 bits per heavy atom. The molecule has 1 aromatic carbocycles. The molecule has 0 N–H and O–H groups in total. The molecule has 0 saturated carbocycles. The van der Waals surface area contributed by atoms with E-state index in [9.17, 15) is 4.79 Å². The Balaban J connectivity index is 2.85. The highest BCUT2D eigenvalue weighted by molar-refractivity contribution is 5.89. The molecule has 0 spiro atoms. The Kier molecular flexibility index (Phi) is 3.31. The van der Waals surface area contributed by atoms with Crippen LogP contribution in [0.5, 0.6) is 5.75 Å². The summed E-state index contributed by atoms with van der Waals surface area (Å²) in [5.74, 6) is 0.257. The number of ether oxygens (including phenoxy) is 2. The number of carbonyl (C=O) groups excluding carboxylic acids is 1. The van der Waals surface area contributed by atoms with Crippen molar-refractivity contribution in [3.05, 3.63) is 36.8 Å². The molecule has 3 nitrogen and oxygen atoms in total. The first kappa shape index (κ1) is 9.58. The van der Waals surface area contributed by atoms with E-state index in [-0.39, 0.29) is 5.97 Å². The molecule has 0 aliphatic carbocycles. The van der Waals surface area contributed by atoms with Gasteiger partial charge in [0.2, 0.25) is 0 Å². The van der Waals surface area contributed by atoms with Gasteiger partial charge in [-0.2, -0.15) is 0 Å². The zero-order valence-electron chi connectivity index (χ0n) is 7.45. The monoisotopic (exact) mass is 179 g/mol. The molecule has 0 aliphatic heterocycles. The van der Waals surface area contributed by atoms with Gasteiger partial charge in [-0.1, -0.05) is 6.07 Å². The molecular weight excluding hydrogens is 168 g/mol. The summed E-state index contributed by atoms with van der Waals surface area (Å²) < 4.78 is 9.68. The fourth-order valence-electron chi connectivity index (χ4n) is 0.949. The van der Waals surface area contributed by atoms with E-state index >= 15 is 0 Å². The number of benzene rings is 1. The van der Waals surface area contributed by atoms with Gasteiger partial charge in [0.15, 0.2) is 0 Å². The van der Waals surface area contributed by atoms with Crippen LogP contribution >= 0.6 is 0 Å². The second kappa shape index (κ2) is 4.50. The molecule has 0 aliphatic rings. The van der Waals surface area contributed by atoms with E-state index in [4.69, 9.17) is 4.74 Å². The molecule has 0 atom stereocenters. The SMILES string of the molecule is [CH2]COc1cccc(C(=O)OC)c1. The number of methoxy groups -OCH3 is 1. The Morgan fingerprint density at radius 3 is 2.92 bits per heavy atom. The van der Waals surface area contributed by atoms with Gasteiger partial charge in [0, 0.05) is 0 Å². The first-order valence-corrected chi connectivity index (χ1v) is 3.88. The smallest absolute Gasteiger partial charge is 0.337 e. The average Bonchev–Trinajstić information content (AvgIpc) is 2.18. The fraction of sp³-hybridized carbons (Fsp3) is 0.200. The van der Waals surface area contributed by atoms with Gasteiger partial charge >= 0.3 is 5.97 Å². The molecule has 13 heavy (non-hydrogen) atoms. The zero-order chi connectivity index (χ0) is 9.68. The molecule has 69 valence electrons. The molecule has 1 aromatic rings. The van der Waals surface area contributed by atoms with E-state index in [2.05, 4.69) is 11.7 Å². The third-order valence-corrected chi connectivity index (χ3v) is 1.52. The summed E-state index contributed by atoms with van der Waals surface area (Å²) in [5, 5.41) is 0. The van der Waals surface area contributed by atoms with Crippen molar-refractivity contribution in [1.82, 2.24) is 0 Å². The molecule has 3 heteroatoms. The lowest BCUT2D eigenvalue weighted by Crippen LogP contribution is -2.01. The summed E-state index contributed by atoms with van der Waals surface area (Å²) in [6, 6.07) is 6.79. The van der Waals surface area contributed by atoms with E-state index in [1.165, 1.54) is 7.11 Å². The molecule has 0 fully saturated rings. The largest absolute Gasteiger partial charge is 0.494 e. The maximum atomic E-state index is 11.1.